The molecule has 130 valence electrons. The lowest BCUT2D eigenvalue weighted by molar-refractivity contribution is 0.359. The van der Waals surface area contributed by atoms with E-state index in [1.165, 1.54) is 11.1 Å². The monoisotopic (exact) mass is 332 g/mol. The molecule has 1 atom stereocenters. The number of hydrogen-bond acceptors (Lipinski definition) is 1. The van der Waals surface area contributed by atoms with Crippen LogP contribution in [-0.4, -0.2) is 5.11 Å². The molecule has 0 bridgehead atoms. The van der Waals surface area contributed by atoms with Crippen LogP contribution >= 0.6 is 0 Å². The van der Waals surface area contributed by atoms with Gasteiger partial charge in [-0.3, -0.25) is 0 Å². The highest BCUT2D eigenvalue weighted by molar-refractivity contribution is 5.47. The summed E-state index contributed by atoms with van der Waals surface area (Å²) in [5, 5.41) is 10.6. The highest BCUT2D eigenvalue weighted by Gasteiger charge is 2.33. The van der Waals surface area contributed by atoms with Crippen LogP contribution in [-0.2, 0) is 10.8 Å². The van der Waals surface area contributed by atoms with Gasteiger partial charge in [0.1, 0.15) is 5.75 Å². The summed E-state index contributed by atoms with van der Waals surface area (Å²) >= 11 is 0. The number of hydrogen-bond donors (Lipinski definition) is 1. The number of phenolic OH excluding ortho intramolecular Hbond substituents is 1. The summed E-state index contributed by atoms with van der Waals surface area (Å²) < 4.78 is 0. The van der Waals surface area contributed by atoms with E-state index in [2.05, 4.69) is 88.4 Å². The van der Waals surface area contributed by atoms with Crippen molar-refractivity contribution < 1.29 is 5.11 Å². The van der Waals surface area contributed by atoms with Gasteiger partial charge >= 0.3 is 0 Å². The molecule has 1 nitrogen and oxygen atoms in total. The molecule has 0 aromatic heterocycles. The fraction of sp³-hybridized carbons (Fsp3) is 0.333. The van der Waals surface area contributed by atoms with Gasteiger partial charge in [-0.1, -0.05) is 94.5 Å². The SMILES string of the molecule is CC(C)(c1ccccc1)c1ccc(O)c(C(C)(C)C2C=CC=CC2)c1. The first-order valence-electron chi connectivity index (χ1n) is 9.06. The van der Waals surface area contributed by atoms with E-state index in [4.69, 9.17) is 0 Å². The number of allylic oxidation sites excluding steroid dienone is 4. The van der Waals surface area contributed by atoms with E-state index in [9.17, 15) is 5.11 Å². The van der Waals surface area contributed by atoms with Crippen LogP contribution in [0.1, 0.15) is 50.8 Å². The van der Waals surface area contributed by atoms with Crippen molar-refractivity contribution in [3.63, 3.8) is 0 Å². The predicted octanol–water partition coefficient (Wildman–Crippen LogP) is 6.13. The van der Waals surface area contributed by atoms with Crippen molar-refractivity contribution in [1.82, 2.24) is 0 Å². The van der Waals surface area contributed by atoms with Gasteiger partial charge in [0.05, 0.1) is 0 Å². The second kappa shape index (κ2) is 6.55. The van der Waals surface area contributed by atoms with Crippen molar-refractivity contribution >= 4 is 0 Å². The fourth-order valence-electron chi connectivity index (χ4n) is 3.78. The summed E-state index contributed by atoms with van der Waals surface area (Å²) in [6.45, 7) is 8.95. The maximum atomic E-state index is 10.6. The molecule has 1 heteroatoms. The Balaban J connectivity index is 2.04. The maximum Gasteiger partial charge on any atom is 0.119 e. The number of rotatable bonds is 4. The molecule has 0 fully saturated rings. The van der Waals surface area contributed by atoms with Gasteiger partial charge in [-0.15, -0.1) is 0 Å². The molecule has 3 rings (SSSR count). The third-order valence-electron chi connectivity index (χ3n) is 5.82. The fourth-order valence-corrected chi connectivity index (χ4v) is 3.78. The van der Waals surface area contributed by atoms with Crippen LogP contribution in [0.3, 0.4) is 0 Å². The second-order valence-electron chi connectivity index (χ2n) is 8.10. The normalized spacial score (nSPS) is 17.7. The number of phenols is 1. The summed E-state index contributed by atoms with van der Waals surface area (Å²) in [6, 6.07) is 16.7. The summed E-state index contributed by atoms with van der Waals surface area (Å²) in [4.78, 5) is 0. The molecular formula is C24H28O. The van der Waals surface area contributed by atoms with Crippen molar-refractivity contribution in [2.45, 2.75) is 44.9 Å². The van der Waals surface area contributed by atoms with Gasteiger partial charge in [-0.25, -0.2) is 0 Å². The first-order valence-corrected chi connectivity index (χ1v) is 9.06. The standard InChI is InChI=1S/C24H28O/c1-23(2,18-11-7-5-8-12-18)20-15-16-22(25)21(17-20)24(3,4)19-13-9-6-10-14-19/h5-13,15-17,19,25H,14H2,1-4H3. The Bertz CT molecular complexity index is 794. The van der Waals surface area contributed by atoms with Crippen LogP contribution in [0.4, 0.5) is 0 Å². The van der Waals surface area contributed by atoms with E-state index in [-0.39, 0.29) is 10.8 Å². The van der Waals surface area contributed by atoms with Crippen molar-refractivity contribution in [2.75, 3.05) is 0 Å². The average Bonchev–Trinajstić information content (AvgIpc) is 2.63. The molecule has 0 spiro atoms. The quantitative estimate of drug-likeness (QED) is 0.714. The lowest BCUT2D eigenvalue weighted by Crippen LogP contribution is -2.29. The second-order valence-corrected chi connectivity index (χ2v) is 8.10. The Morgan fingerprint density at radius 2 is 1.60 bits per heavy atom. The van der Waals surface area contributed by atoms with Gasteiger partial charge in [0, 0.05) is 11.0 Å². The molecule has 1 N–H and O–H groups in total. The summed E-state index contributed by atoms with van der Waals surface area (Å²) in [5.74, 6) is 0.777. The topological polar surface area (TPSA) is 20.2 Å². The Labute approximate surface area is 151 Å². The average molecular weight is 332 g/mol. The molecule has 0 heterocycles. The minimum atomic E-state index is -0.131. The Hall–Kier alpha value is -2.28. The van der Waals surface area contributed by atoms with E-state index in [0.717, 1.165) is 12.0 Å². The molecule has 0 radical (unpaired) electrons. The van der Waals surface area contributed by atoms with Crippen LogP contribution in [0, 0.1) is 5.92 Å². The van der Waals surface area contributed by atoms with Crippen molar-refractivity contribution in [2.24, 2.45) is 5.92 Å². The zero-order valence-corrected chi connectivity index (χ0v) is 15.7. The lowest BCUT2D eigenvalue weighted by Gasteiger charge is -2.35. The highest BCUT2D eigenvalue weighted by atomic mass is 16.3. The first kappa shape index (κ1) is 17.5. The zero-order valence-electron chi connectivity index (χ0n) is 15.7. The molecule has 2 aromatic rings. The van der Waals surface area contributed by atoms with Crippen molar-refractivity contribution in [1.29, 1.82) is 0 Å². The molecular weight excluding hydrogens is 304 g/mol. The van der Waals surface area contributed by atoms with Crippen LogP contribution in [0.15, 0.2) is 72.8 Å². The Morgan fingerprint density at radius 1 is 0.880 bits per heavy atom. The smallest absolute Gasteiger partial charge is 0.119 e. The third-order valence-corrected chi connectivity index (χ3v) is 5.82. The highest BCUT2D eigenvalue weighted by Crippen LogP contribution is 2.43. The van der Waals surface area contributed by atoms with Crippen LogP contribution in [0.2, 0.25) is 0 Å². The van der Waals surface area contributed by atoms with E-state index in [1.54, 1.807) is 0 Å². The molecule has 25 heavy (non-hydrogen) atoms. The van der Waals surface area contributed by atoms with Gasteiger partial charge < -0.3 is 5.11 Å². The molecule has 0 aliphatic heterocycles. The molecule has 1 unspecified atom stereocenters. The van der Waals surface area contributed by atoms with Gasteiger partial charge in [0.25, 0.3) is 0 Å². The van der Waals surface area contributed by atoms with E-state index in [1.807, 2.05) is 12.1 Å². The van der Waals surface area contributed by atoms with Crippen molar-refractivity contribution in [3.05, 3.63) is 89.5 Å². The molecule has 1 aliphatic carbocycles. The van der Waals surface area contributed by atoms with Gasteiger partial charge in [0.2, 0.25) is 0 Å². The number of aromatic hydroxyl groups is 1. The summed E-state index contributed by atoms with van der Waals surface area (Å²) in [7, 11) is 0. The molecule has 2 aromatic carbocycles. The molecule has 0 saturated heterocycles. The minimum Gasteiger partial charge on any atom is -0.508 e. The van der Waals surface area contributed by atoms with E-state index >= 15 is 0 Å². The van der Waals surface area contributed by atoms with Crippen LogP contribution < -0.4 is 0 Å². The van der Waals surface area contributed by atoms with Gasteiger partial charge in [0.15, 0.2) is 0 Å². The van der Waals surface area contributed by atoms with Gasteiger partial charge in [-0.2, -0.15) is 0 Å². The summed E-state index contributed by atoms with van der Waals surface area (Å²) in [5.41, 5.74) is 3.30. The van der Waals surface area contributed by atoms with E-state index in [0.29, 0.717) is 11.7 Å². The third kappa shape index (κ3) is 3.28. The van der Waals surface area contributed by atoms with E-state index < -0.39 is 0 Å². The lowest BCUT2D eigenvalue weighted by atomic mass is 9.69. The Kier molecular flexibility index (Phi) is 4.60. The van der Waals surface area contributed by atoms with Crippen LogP contribution in [0.25, 0.3) is 0 Å². The first-order chi connectivity index (χ1) is 11.8. The van der Waals surface area contributed by atoms with Crippen LogP contribution in [0.5, 0.6) is 5.75 Å². The number of benzene rings is 2. The predicted molar refractivity (Wildman–Crippen MR) is 106 cm³/mol. The maximum absolute atomic E-state index is 10.6. The van der Waals surface area contributed by atoms with Crippen molar-refractivity contribution in [3.8, 4) is 5.75 Å². The largest absolute Gasteiger partial charge is 0.508 e. The molecule has 0 amide bonds. The zero-order chi connectivity index (χ0) is 18.1. The minimum absolute atomic E-state index is 0.109. The Morgan fingerprint density at radius 3 is 2.24 bits per heavy atom. The molecule has 1 aliphatic rings. The summed E-state index contributed by atoms with van der Waals surface area (Å²) in [6.07, 6.45) is 9.69. The molecule has 0 saturated carbocycles. The van der Waals surface area contributed by atoms with Gasteiger partial charge in [-0.05, 0) is 34.9 Å².